The standard InChI is InChI=1S/C17H17N5O2S/c23-16-6-5-13(15-4-2-10-25-15)20-22(16)12-3-1-9-21(11-12)17(24)14-7-8-18-19-14/h2,4-8,10,12H,1,3,9,11H2,(H,18,19)/t12-/m1/s1. The van der Waals surface area contributed by atoms with Gasteiger partial charge >= 0.3 is 0 Å². The van der Waals surface area contributed by atoms with Crippen molar-refractivity contribution in [1.82, 2.24) is 24.9 Å². The molecule has 0 saturated carbocycles. The van der Waals surface area contributed by atoms with Gasteiger partial charge < -0.3 is 4.90 Å². The molecule has 0 unspecified atom stereocenters. The van der Waals surface area contributed by atoms with Gasteiger partial charge in [0.15, 0.2) is 0 Å². The van der Waals surface area contributed by atoms with Crippen molar-refractivity contribution in [3.63, 3.8) is 0 Å². The van der Waals surface area contributed by atoms with Crippen LogP contribution >= 0.6 is 11.3 Å². The molecule has 7 nitrogen and oxygen atoms in total. The largest absolute Gasteiger partial charge is 0.335 e. The van der Waals surface area contributed by atoms with Gasteiger partial charge in [-0.25, -0.2) is 4.68 Å². The molecule has 4 heterocycles. The van der Waals surface area contributed by atoms with Crippen molar-refractivity contribution in [2.45, 2.75) is 18.9 Å². The van der Waals surface area contributed by atoms with Crippen LogP contribution in [0, 0.1) is 0 Å². The van der Waals surface area contributed by atoms with E-state index < -0.39 is 0 Å². The summed E-state index contributed by atoms with van der Waals surface area (Å²) in [5.74, 6) is -0.0929. The number of likely N-dealkylation sites (tertiary alicyclic amines) is 1. The van der Waals surface area contributed by atoms with E-state index in [4.69, 9.17) is 0 Å². The molecule has 0 bridgehead atoms. The first-order chi connectivity index (χ1) is 12.2. The molecule has 4 rings (SSSR count). The number of aromatic amines is 1. The van der Waals surface area contributed by atoms with Crippen molar-refractivity contribution in [2.24, 2.45) is 0 Å². The monoisotopic (exact) mass is 355 g/mol. The lowest BCUT2D eigenvalue weighted by Crippen LogP contribution is -2.43. The number of nitrogens with zero attached hydrogens (tertiary/aromatic N) is 4. The van der Waals surface area contributed by atoms with Crippen molar-refractivity contribution < 1.29 is 4.79 Å². The van der Waals surface area contributed by atoms with Crippen LogP contribution in [0.15, 0.2) is 46.7 Å². The summed E-state index contributed by atoms with van der Waals surface area (Å²) in [6.07, 6.45) is 3.22. The van der Waals surface area contributed by atoms with Gasteiger partial charge in [0, 0.05) is 25.4 Å². The van der Waals surface area contributed by atoms with Crippen LogP contribution in [0.5, 0.6) is 0 Å². The average Bonchev–Trinajstić information content (AvgIpc) is 3.35. The molecule has 3 aromatic heterocycles. The molecule has 1 aliphatic heterocycles. The number of aromatic nitrogens is 4. The fourth-order valence-corrected chi connectivity index (χ4v) is 3.82. The first-order valence-electron chi connectivity index (χ1n) is 8.15. The van der Waals surface area contributed by atoms with Crippen LogP contribution in [0.3, 0.4) is 0 Å². The number of amides is 1. The zero-order chi connectivity index (χ0) is 17.2. The first-order valence-corrected chi connectivity index (χ1v) is 9.03. The van der Waals surface area contributed by atoms with E-state index in [1.54, 1.807) is 40.6 Å². The van der Waals surface area contributed by atoms with Gasteiger partial charge in [0.25, 0.3) is 11.5 Å². The minimum Gasteiger partial charge on any atom is -0.335 e. The smallest absolute Gasteiger partial charge is 0.271 e. The van der Waals surface area contributed by atoms with Crippen LogP contribution in [-0.2, 0) is 0 Å². The van der Waals surface area contributed by atoms with Crippen molar-refractivity contribution in [3.8, 4) is 10.6 Å². The molecule has 1 N–H and O–H groups in total. The summed E-state index contributed by atoms with van der Waals surface area (Å²) in [6.45, 7) is 1.15. The number of hydrogen-bond donors (Lipinski definition) is 1. The van der Waals surface area contributed by atoms with Crippen LogP contribution < -0.4 is 5.56 Å². The Morgan fingerprint density at radius 1 is 1.28 bits per heavy atom. The van der Waals surface area contributed by atoms with Crippen LogP contribution in [0.4, 0.5) is 0 Å². The topological polar surface area (TPSA) is 83.9 Å². The summed E-state index contributed by atoms with van der Waals surface area (Å²) in [5.41, 5.74) is 1.11. The minimum absolute atomic E-state index is 0.0929. The van der Waals surface area contributed by atoms with Crippen molar-refractivity contribution >= 4 is 17.2 Å². The molecule has 25 heavy (non-hydrogen) atoms. The Morgan fingerprint density at radius 2 is 2.20 bits per heavy atom. The predicted octanol–water partition coefficient (Wildman–Crippen LogP) is 2.17. The number of nitrogens with one attached hydrogen (secondary N) is 1. The lowest BCUT2D eigenvalue weighted by Gasteiger charge is -2.32. The second-order valence-electron chi connectivity index (χ2n) is 6.00. The van der Waals surface area contributed by atoms with Gasteiger partial charge in [-0.15, -0.1) is 11.3 Å². The molecule has 0 spiro atoms. The third-order valence-corrected chi connectivity index (χ3v) is 5.25. The second-order valence-corrected chi connectivity index (χ2v) is 6.94. The molecule has 1 fully saturated rings. The number of piperidine rings is 1. The highest BCUT2D eigenvalue weighted by Gasteiger charge is 2.27. The molecule has 8 heteroatoms. The number of carbonyl (C=O) groups is 1. The Hall–Kier alpha value is -2.74. The number of thiophene rings is 1. The predicted molar refractivity (Wildman–Crippen MR) is 94.6 cm³/mol. The SMILES string of the molecule is O=C(c1ccn[nH]1)N1CCC[C@@H](n2nc(-c3cccs3)ccc2=O)C1. The van der Waals surface area contributed by atoms with Crippen LogP contribution in [0.2, 0.25) is 0 Å². The lowest BCUT2D eigenvalue weighted by atomic mass is 10.1. The summed E-state index contributed by atoms with van der Waals surface area (Å²) >= 11 is 1.59. The van der Waals surface area contributed by atoms with Gasteiger partial charge in [-0.1, -0.05) is 6.07 Å². The Morgan fingerprint density at radius 3 is 2.96 bits per heavy atom. The van der Waals surface area contributed by atoms with Crippen LogP contribution in [-0.4, -0.2) is 43.9 Å². The summed E-state index contributed by atoms with van der Waals surface area (Å²) in [7, 11) is 0. The molecule has 1 aliphatic rings. The molecule has 1 saturated heterocycles. The Kier molecular flexibility index (Phi) is 4.19. The van der Waals surface area contributed by atoms with E-state index in [9.17, 15) is 9.59 Å². The highest BCUT2D eigenvalue weighted by atomic mass is 32.1. The van der Waals surface area contributed by atoms with E-state index in [-0.39, 0.29) is 17.5 Å². The molecule has 128 valence electrons. The summed E-state index contributed by atoms with van der Waals surface area (Å²) in [4.78, 5) is 27.6. The Balaban J connectivity index is 1.60. The van der Waals surface area contributed by atoms with E-state index in [0.717, 1.165) is 23.4 Å². The van der Waals surface area contributed by atoms with Crippen molar-refractivity contribution in [3.05, 3.63) is 58.0 Å². The lowest BCUT2D eigenvalue weighted by molar-refractivity contribution is 0.0664. The second kappa shape index (κ2) is 6.64. The molecule has 1 amide bonds. The van der Waals surface area contributed by atoms with E-state index in [1.807, 2.05) is 17.5 Å². The maximum absolute atomic E-state index is 12.5. The Bertz CT molecular complexity index is 917. The quantitative estimate of drug-likeness (QED) is 0.780. The van der Waals surface area contributed by atoms with Gasteiger partial charge in [0.1, 0.15) is 11.4 Å². The van der Waals surface area contributed by atoms with Gasteiger partial charge in [0.05, 0.1) is 10.9 Å². The van der Waals surface area contributed by atoms with E-state index in [1.165, 1.54) is 4.68 Å². The minimum atomic E-state index is -0.138. The number of carbonyl (C=O) groups excluding carboxylic acids is 1. The summed E-state index contributed by atoms with van der Waals surface area (Å²) < 4.78 is 1.53. The number of rotatable bonds is 3. The molecule has 3 aromatic rings. The normalized spacial score (nSPS) is 17.6. The fraction of sp³-hybridized carbons (Fsp3) is 0.294. The van der Waals surface area contributed by atoms with Gasteiger partial charge in [0.2, 0.25) is 0 Å². The summed E-state index contributed by atoms with van der Waals surface area (Å²) in [5, 5.41) is 13.1. The van der Waals surface area contributed by atoms with Gasteiger partial charge in [-0.2, -0.15) is 10.2 Å². The average molecular weight is 355 g/mol. The molecule has 0 radical (unpaired) electrons. The third kappa shape index (κ3) is 3.12. The van der Waals surface area contributed by atoms with Gasteiger partial charge in [-0.05, 0) is 36.4 Å². The first kappa shape index (κ1) is 15.8. The summed E-state index contributed by atoms with van der Waals surface area (Å²) in [6, 6.07) is 8.79. The van der Waals surface area contributed by atoms with Crippen molar-refractivity contribution in [1.29, 1.82) is 0 Å². The zero-order valence-corrected chi connectivity index (χ0v) is 14.3. The third-order valence-electron chi connectivity index (χ3n) is 4.36. The van der Waals surface area contributed by atoms with E-state index >= 15 is 0 Å². The molecule has 0 aliphatic carbocycles. The van der Waals surface area contributed by atoms with Gasteiger partial charge in [-0.3, -0.25) is 14.7 Å². The Labute approximate surface area is 147 Å². The molecular formula is C17H17N5O2S. The maximum Gasteiger partial charge on any atom is 0.271 e. The fourth-order valence-electron chi connectivity index (χ4n) is 3.13. The number of hydrogen-bond acceptors (Lipinski definition) is 5. The maximum atomic E-state index is 12.5. The van der Waals surface area contributed by atoms with E-state index in [2.05, 4.69) is 15.3 Å². The molecule has 0 aromatic carbocycles. The number of H-pyrrole nitrogens is 1. The van der Waals surface area contributed by atoms with Crippen LogP contribution in [0.25, 0.3) is 10.6 Å². The highest BCUT2D eigenvalue weighted by Crippen LogP contribution is 2.24. The molecule has 1 atom stereocenters. The van der Waals surface area contributed by atoms with Crippen LogP contribution in [0.1, 0.15) is 29.4 Å². The molecular weight excluding hydrogens is 338 g/mol. The van der Waals surface area contributed by atoms with Crippen molar-refractivity contribution in [2.75, 3.05) is 13.1 Å². The highest BCUT2D eigenvalue weighted by molar-refractivity contribution is 7.13. The van der Waals surface area contributed by atoms with E-state index in [0.29, 0.717) is 18.8 Å². The zero-order valence-electron chi connectivity index (χ0n) is 13.5.